The lowest BCUT2D eigenvalue weighted by molar-refractivity contribution is -0.144. The normalized spacial score (nSPS) is 31.3. The molecule has 70 valence electrons. The summed E-state index contributed by atoms with van der Waals surface area (Å²) in [4.78, 5) is 10.3. The Morgan fingerprint density at radius 1 is 1.67 bits per heavy atom. The largest absolute Gasteiger partial charge is 0.465 e. The molecule has 0 bridgehead atoms. The van der Waals surface area contributed by atoms with Crippen molar-refractivity contribution in [2.75, 3.05) is 13.2 Å². The second kappa shape index (κ2) is 2.65. The predicted octanol–water partition coefficient (Wildman–Crippen LogP) is 0.567. The zero-order chi connectivity index (χ0) is 9.41. The number of rotatable bonds is 3. The van der Waals surface area contributed by atoms with E-state index in [1.807, 2.05) is 0 Å². The number of esters is 1. The van der Waals surface area contributed by atoms with Crippen molar-refractivity contribution in [3.63, 3.8) is 0 Å². The van der Waals surface area contributed by atoms with E-state index < -0.39 is 36.9 Å². The Hall–Kier alpha value is -0.710. The zero-order valence-corrected chi connectivity index (χ0v) is 6.64. The van der Waals surface area contributed by atoms with Crippen molar-refractivity contribution < 1.29 is 23.4 Å². The molecule has 5 heteroatoms. The summed E-state index contributed by atoms with van der Waals surface area (Å²) in [5, 5.41) is 8.63. The number of alkyl halides is 2. The van der Waals surface area contributed by atoms with Crippen LogP contribution in [-0.4, -0.2) is 30.2 Å². The number of carbonyl (C=O) groups is 1. The van der Waals surface area contributed by atoms with E-state index in [0.717, 1.165) is 6.92 Å². The van der Waals surface area contributed by atoms with Crippen LogP contribution in [0.1, 0.15) is 13.3 Å². The molecule has 3 nitrogen and oxygen atoms in total. The smallest absolute Gasteiger partial charge is 0.302 e. The number of aliphatic hydroxyl groups excluding tert-OH is 1. The number of halogens is 2. The molecule has 1 saturated carbocycles. The molecule has 1 aliphatic rings. The number of hydrogen-bond acceptors (Lipinski definition) is 3. The summed E-state index contributed by atoms with van der Waals surface area (Å²) in [5.74, 6) is -3.48. The van der Waals surface area contributed by atoms with Crippen LogP contribution in [0.4, 0.5) is 8.78 Å². The SMILES string of the molecule is CC(=O)OCC1(CO)CC1(F)F. The van der Waals surface area contributed by atoms with Crippen molar-refractivity contribution in [1.82, 2.24) is 0 Å². The lowest BCUT2D eigenvalue weighted by atomic mass is 10.1. The highest BCUT2D eigenvalue weighted by Gasteiger charge is 2.71. The quantitative estimate of drug-likeness (QED) is 0.646. The summed E-state index contributed by atoms with van der Waals surface area (Å²) in [5.41, 5.74) is -1.50. The summed E-state index contributed by atoms with van der Waals surface area (Å²) in [6, 6.07) is 0. The van der Waals surface area contributed by atoms with Gasteiger partial charge in [-0.2, -0.15) is 0 Å². The third kappa shape index (κ3) is 1.41. The summed E-state index contributed by atoms with van der Waals surface area (Å²) >= 11 is 0. The fraction of sp³-hybridized carbons (Fsp3) is 0.857. The Bertz CT molecular complexity index is 205. The van der Waals surface area contributed by atoms with Gasteiger partial charge in [-0.3, -0.25) is 4.79 Å². The fourth-order valence-corrected chi connectivity index (χ4v) is 0.994. The van der Waals surface area contributed by atoms with Crippen LogP contribution in [-0.2, 0) is 9.53 Å². The van der Waals surface area contributed by atoms with E-state index in [2.05, 4.69) is 4.74 Å². The number of carbonyl (C=O) groups excluding carboxylic acids is 1. The van der Waals surface area contributed by atoms with Gasteiger partial charge in [0.25, 0.3) is 5.92 Å². The topological polar surface area (TPSA) is 46.5 Å². The molecule has 1 aliphatic carbocycles. The highest BCUT2D eigenvalue weighted by molar-refractivity contribution is 5.66. The van der Waals surface area contributed by atoms with Crippen LogP contribution in [0.25, 0.3) is 0 Å². The second-order valence-electron chi connectivity index (χ2n) is 3.10. The molecule has 0 aromatic rings. The maximum absolute atomic E-state index is 12.6. The first-order chi connectivity index (χ1) is 5.43. The van der Waals surface area contributed by atoms with E-state index in [9.17, 15) is 13.6 Å². The minimum absolute atomic E-state index is 0.397. The van der Waals surface area contributed by atoms with Gasteiger partial charge < -0.3 is 9.84 Å². The Balaban J connectivity index is 2.45. The third-order valence-corrected chi connectivity index (χ3v) is 2.07. The van der Waals surface area contributed by atoms with E-state index >= 15 is 0 Å². The van der Waals surface area contributed by atoms with Crippen LogP contribution >= 0.6 is 0 Å². The maximum Gasteiger partial charge on any atom is 0.302 e. The van der Waals surface area contributed by atoms with Crippen molar-refractivity contribution in [1.29, 1.82) is 0 Å². The molecule has 1 unspecified atom stereocenters. The molecule has 1 atom stereocenters. The highest BCUT2D eigenvalue weighted by atomic mass is 19.3. The van der Waals surface area contributed by atoms with Gasteiger partial charge in [-0.15, -0.1) is 0 Å². The highest BCUT2D eigenvalue weighted by Crippen LogP contribution is 2.60. The molecular weight excluding hydrogens is 170 g/mol. The van der Waals surface area contributed by atoms with Crippen LogP contribution in [0, 0.1) is 5.41 Å². The van der Waals surface area contributed by atoms with Crippen LogP contribution in [0.5, 0.6) is 0 Å². The van der Waals surface area contributed by atoms with Gasteiger partial charge in [0.05, 0.1) is 12.0 Å². The van der Waals surface area contributed by atoms with Crippen molar-refractivity contribution in [3.05, 3.63) is 0 Å². The van der Waals surface area contributed by atoms with Gasteiger partial charge in [0.1, 0.15) is 6.61 Å². The van der Waals surface area contributed by atoms with Crippen LogP contribution in [0.3, 0.4) is 0 Å². The Labute approximate surface area is 68.3 Å². The van der Waals surface area contributed by atoms with Crippen molar-refractivity contribution in [2.45, 2.75) is 19.3 Å². The lowest BCUT2D eigenvalue weighted by Gasteiger charge is -2.11. The minimum Gasteiger partial charge on any atom is -0.465 e. The minimum atomic E-state index is -2.88. The van der Waals surface area contributed by atoms with Crippen LogP contribution in [0.15, 0.2) is 0 Å². The average Bonchev–Trinajstić information content (AvgIpc) is 2.51. The van der Waals surface area contributed by atoms with Gasteiger partial charge in [-0.05, 0) is 0 Å². The van der Waals surface area contributed by atoms with Gasteiger partial charge in [0.15, 0.2) is 0 Å². The Morgan fingerprint density at radius 3 is 2.42 bits per heavy atom. The summed E-state index contributed by atoms with van der Waals surface area (Å²) in [6.07, 6.45) is -0.399. The summed E-state index contributed by atoms with van der Waals surface area (Å²) in [6.45, 7) is 0.102. The Kier molecular flexibility index (Phi) is 2.07. The molecule has 1 N–H and O–H groups in total. The first kappa shape index (κ1) is 9.38. The number of hydrogen-bond donors (Lipinski definition) is 1. The van der Waals surface area contributed by atoms with E-state index in [-0.39, 0.29) is 0 Å². The molecule has 0 spiro atoms. The zero-order valence-electron chi connectivity index (χ0n) is 6.64. The van der Waals surface area contributed by atoms with E-state index in [1.54, 1.807) is 0 Å². The first-order valence-electron chi connectivity index (χ1n) is 3.56. The predicted molar refractivity (Wildman–Crippen MR) is 35.7 cm³/mol. The van der Waals surface area contributed by atoms with Crippen molar-refractivity contribution in [2.24, 2.45) is 5.41 Å². The lowest BCUT2D eigenvalue weighted by Crippen LogP contribution is -2.23. The Morgan fingerprint density at radius 2 is 2.17 bits per heavy atom. The molecule has 0 aromatic heterocycles. The monoisotopic (exact) mass is 180 g/mol. The summed E-state index contributed by atoms with van der Waals surface area (Å²) < 4.78 is 29.5. The molecule has 1 fully saturated rings. The molecule has 1 rings (SSSR count). The second-order valence-corrected chi connectivity index (χ2v) is 3.10. The molecular formula is C7H10F2O3. The summed E-state index contributed by atoms with van der Waals surface area (Å²) in [7, 11) is 0. The number of aliphatic hydroxyl groups is 1. The van der Waals surface area contributed by atoms with Crippen molar-refractivity contribution >= 4 is 5.97 Å². The van der Waals surface area contributed by atoms with Crippen LogP contribution < -0.4 is 0 Å². The molecule has 0 amide bonds. The first-order valence-corrected chi connectivity index (χ1v) is 3.56. The van der Waals surface area contributed by atoms with Gasteiger partial charge in [0, 0.05) is 13.3 Å². The maximum atomic E-state index is 12.6. The molecule has 0 saturated heterocycles. The van der Waals surface area contributed by atoms with Crippen molar-refractivity contribution in [3.8, 4) is 0 Å². The van der Waals surface area contributed by atoms with Gasteiger partial charge in [0.2, 0.25) is 0 Å². The standard InChI is InChI=1S/C7H10F2O3/c1-5(11)12-4-6(3-10)2-7(6,8)9/h10H,2-4H2,1H3. The van der Waals surface area contributed by atoms with E-state index in [0.29, 0.717) is 0 Å². The average molecular weight is 180 g/mol. The van der Waals surface area contributed by atoms with Gasteiger partial charge >= 0.3 is 5.97 Å². The number of ether oxygens (including phenoxy) is 1. The van der Waals surface area contributed by atoms with E-state index in [4.69, 9.17) is 5.11 Å². The van der Waals surface area contributed by atoms with E-state index in [1.165, 1.54) is 0 Å². The fourth-order valence-electron chi connectivity index (χ4n) is 0.994. The van der Waals surface area contributed by atoms with Crippen LogP contribution in [0.2, 0.25) is 0 Å². The van der Waals surface area contributed by atoms with Gasteiger partial charge in [-0.25, -0.2) is 8.78 Å². The molecule has 0 heterocycles. The molecule has 12 heavy (non-hydrogen) atoms. The molecule has 0 aromatic carbocycles. The van der Waals surface area contributed by atoms with Gasteiger partial charge in [-0.1, -0.05) is 0 Å². The third-order valence-electron chi connectivity index (χ3n) is 2.07. The molecule has 0 radical (unpaired) electrons. The molecule has 0 aliphatic heterocycles.